The minimum absolute atomic E-state index is 0.203. The third-order valence-corrected chi connectivity index (χ3v) is 5.26. The van der Waals surface area contributed by atoms with Gasteiger partial charge in [-0.25, -0.2) is 0 Å². The highest BCUT2D eigenvalue weighted by atomic mass is 79.9. The maximum atomic E-state index is 10.5. The summed E-state index contributed by atoms with van der Waals surface area (Å²) < 4.78 is 1.16. The van der Waals surface area contributed by atoms with Gasteiger partial charge in [0.25, 0.3) is 0 Å². The van der Waals surface area contributed by atoms with Crippen LogP contribution in [0.25, 0.3) is 0 Å². The van der Waals surface area contributed by atoms with Crippen molar-refractivity contribution in [3.63, 3.8) is 0 Å². The van der Waals surface area contributed by atoms with Crippen LogP contribution in [0.1, 0.15) is 42.5 Å². The Bertz CT molecular complexity index is 488. The van der Waals surface area contributed by atoms with Gasteiger partial charge in [-0.1, -0.05) is 28.9 Å². The van der Waals surface area contributed by atoms with Crippen molar-refractivity contribution in [2.75, 3.05) is 13.1 Å². The number of hydrogen-bond donors (Lipinski definition) is 1. The Labute approximate surface area is 123 Å². The third-order valence-electron chi connectivity index (χ3n) is 4.55. The van der Waals surface area contributed by atoms with Crippen LogP contribution >= 0.6 is 15.9 Å². The fraction of sp³-hybridized carbons (Fsp3) is 0.625. The van der Waals surface area contributed by atoms with Gasteiger partial charge in [-0.05, 0) is 55.0 Å². The maximum Gasteiger partial charge on any atom is 0.0777 e. The SMILES string of the molecule is Cc1cc(Br)c2c(c1)[C@@H](N1CCC[C@H](C)C1)[C@H](O)C2. The van der Waals surface area contributed by atoms with Gasteiger partial charge in [0, 0.05) is 17.4 Å². The van der Waals surface area contributed by atoms with Gasteiger partial charge in [0.15, 0.2) is 0 Å². The summed E-state index contributed by atoms with van der Waals surface area (Å²) in [5.41, 5.74) is 3.92. The maximum absolute atomic E-state index is 10.5. The molecule has 1 aromatic rings. The molecule has 0 amide bonds. The summed E-state index contributed by atoms with van der Waals surface area (Å²) in [5.74, 6) is 0.748. The van der Waals surface area contributed by atoms with Gasteiger partial charge in [-0.15, -0.1) is 0 Å². The number of benzene rings is 1. The molecule has 0 bridgehead atoms. The fourth-order valence-corrected chi connectivity index (χ4v) is 4.48. The molecular weight excluding hydrogens is 302 g/mol. The lowest BCUT2D eigenvalue weighted by Gasteiger charge is -2.37. The van der Waals surface area contributed by atoms with Crippen molar-refractivity contribution >= 4 is 15.9 Å². The van der Waals surface area contributed by atoms with E-state index >= 15 is 0 Å². The predicted molar refractivity (Wildman–Crippen MR) is 81.3 cm³/mol. The van der Waals surface area contributed by atoms with Gasteiger partial charge in [0.05, 0.1) is 12.1 Å². The van der Waals surface area contributed by atoms with Gasteiger partial charge in [-0.3, -0.25) is 4.90 Å². The van der Waals surface area contributed by atoms with Crippen LogP contribution in [0.2, 0.25) is 0 Å². The van der Waals surface area contributed by atoms with E-state index < -0.39 is 0 Å². The average molecular weight is 324 g/mol. The van der Waals surface area contributed by atoms with E-state index in [0.717, 1.165) is 29.9 Å². The molecule has 1 fully saturated rings. The Morgan fingerprint density at radius 3 is 2.89 bits per heavy atom. The zero-order valence-corrected chi connectivity index (χ0v) is 13.3. The second kappa shape index (κ2) is 5.19. The average Bonchev–Trinajstić information content (AvgIpc) is 2.66. The zero-order valence-electron chi connectivity index (χ0n) is 11.7. The number of likely N-dealkylation sites (tertiary alicyclic amines) is 1. The number of aliphatic hydroxyl groups excluding tert-OH is 1. The minimum Gasteiger partial charge on any atom is -0.391 e. The molecule has 1 aromatic carbocycles. The van der Waals surface area contributed by atoms with E-state index in [1.807, 2.05) is 0 Å². The molecule has 1 N–H and O–H groups in total. The first-order valence-electron chi connectivity index (χ1n) is 7.27. The van der Waals surface area contributed by atoms with Crippen LogP contribution in [0.15, 0.2) is 16.6 Å². The van der Waals surface area contributed by atoms with Crippen LogP contribution in [0.3, 0.4) is 0 Å². The quantitative estimate of drug-likeness (QED) is 0.855. The summed E-state index contributed by atoms with van der Waals surface area (Å²) >= 11 is 3.66. The summed E-state index contributed by atoms with van der Waals surface area (Å²) in [4.78, 5) is 2.50. The van der Waals surface area contributed by atoms with E-state index in [1.165, 1.54) is 29.5 Å². The third kappa shape index (κ3) is 2.48. The van der Waals surface area contributed by atoms with Crippen molar-refractivity contribution in [3.05, 3.63) is 33.3 Å². The molecule has 3 atom stereocenters. The Morgan fingerprint density at radius 1 is 1.37 bits per heavy atom. The van der Waals surface area contributed by atoms with Crippen LogP contribution < -0.4 is 0 Å². The summed E-state index contributed by atoms with van der Waals surface area (Å²) in [7, 11) is 0. The number of aliphatic hydroxyl groups is 1. The van der Waals surface area contributed by atoms with Gasteiger partial charge in [-0.2, -0.15) is 0 Å². The Hall–Kier alpha value is -0.380. The summed E-state index contributed by atoms with van der Waals surface area (Å²) in [6, 6.07) is 4.63. The number of rotatable bonds is 1. The van der Waals surface area contributed by atoms with Crippen molar-refractivity contribution in [3.8, 4) is 0 Å². The molecule has 104 valence electrons. The molecule has 0 unspecified atom stereocenters. The second-order valence-corrected chi connectivity index (χ2v) is 7.13. The van der Waals surface area contributed by atoms with Gasteiger partial charge >= 0.3 is 0 Å². The van der Waals surface area contributed by atoms with E-state index in [9.17, 15) is 5.11 Å². The normalized spacial score (nSPS) is 31.5. The number of hydrogen-bond acceptors (Lipinski definition) is 2. The lowest BCUT2D eigenvalue weighted by molar-refractivity contribution is 0.0371. The lowest BCUT2D eigenvalue weighted by Crippen LogP contribution is -2.40. The topological polar surface area (TPSA) is 23.5 Å². The molecule has 3 rings (SSSR count). The van der Waals surface area contributed by atoms with Crippen molar-refractivity contribution in [2.45, 2.75) is 45.3 Å². The first-order valence-corrected chi connectivity index (χ1v) is 8.06. The Morgan fingerprint density at radius 2 is 2.16 bits per heavy atom. The van der Waals surface area contributed by atoms with Gasteiger partial charge < -0.3 is 5.11 Å². The number of piperidine rings is 1. The van der Waals surface area contributed by atoms with Gasteiger partial charge in [0.1, 0.15) is 0 Å². The van der Waals surface area contributed by atoms with Crippen LogP contribution in [-0.2, 0) is 6.42 Å². The molecule has 0 spiro atoms. The molecule has 1 aliphatic heterocycles. The summed E-state index contributed by atoms with van der Waals surface area (Å²) in [6.45, 7) is 6.69. The molecule has 1 saturated heterocycles. The molecule has 2 nitrogen and oxygen atoms in total. The van der Waals surface area contributed by atoms with E-state index in [1.54, 1.807) is 0 Å². The zero-order chi connectivity index (χ0) is 13.6. The number of halogens is 1. The van der Waals surface area contributed by atoms with Gasteiger partial charge in [0.2, 0.25) is 0 Å². The molecule has 19 heavy (non-hydrogen) atoms. The Kier molecular flexibility index (Phi) is 3.71. The highest BCUT2D eigenvalue weighted by Gasteiger charge is 2.37. The Balaban J connectivity index is 1.95. The number of nitrogens with zero attached hydrogens (tertiary/aromatic N) is 1. The van der Waals surface area contributed by atoms with E-state index in [2.05, 4.69) is 46.8 Å². The summed E-state index contributed by atoms with van der Waals surface area (Å²) in [6.07, 6.45) is 3.11. The molecule has 3 heteroatoms. The molecule has 2 aliphatic rings. The van der Waals surface area contributed by atoms with Crippen molar-refractivity contribution in [2.24, 2.45) is 5.92 Å². The first-order chi connectivity index (χ1) is 9.06. The molecule has 0 saturated carbocycles. The minimum atomic E-state index is -0.251. The number of fused-ring (bicyclic) bond motifs is 1. The standard InChI is InChI=1S/C16H22BrNO/c1-10-4-3-5-18(9-10)16-13-6-11(2)7-14(17)12(13)8-15(16)19/h6-7,10,15-16,19H,3-5,8-9H2,1-2H3/t10-,15+,16+/m0/s1. The molecule has 0 radical (unpaired) electrons. The van der Waals surface area contributed by atoms with Crippen LogP contribution in [0.5, 0.6) is 0 Å². The predicted octanol–water partition coefficient (Wildman–Crippen LogP) is 3.45. The highest BCUT2D eigenvalue weighted by Crippen LogP contribution is 2.41. The van der Waals surface area contributed by atoms with E-state index in [0.29, 0.717) is 0 Å². The second-order valence-electron chi connectivity index (χ2n) is 6.27. The smallest absolute Gasteiger partial charge is 0.0777 e. The number of aryl methyl sites for hydroxylation is 1. The van der Waals surface area contributed by atoms with Crippen molar-refractivity contribution < 1.29 is 5.11 Å². The first kappa shape index (κ1) is 13.6. The monoisotopic (exact) mass is 323 g/mol. The molecule has 1 heterocycles. The molecule has 1 aliphatic carbocycles. The fourth-order valence-electron chi connectivity index (χ4n) is 3.72. The highest BCUT2D eigenvalue weighted by molar-refractivity contribution is 9.10. The van der Waals surface area contributed by atoms with Crippen LogP contribution in [0, 0.1) is 12.8 Å². The summed E-state index contributed by atoms with van der Waals surface area (Å²) in [5, 5.41) is 10.5. The van der Waals surface area contributed by atoms with Crippen molar-refractivity contribution in [1.29, 1.82) is 0 Å². The largest absolute Gasteiger partial charge is 0.391 e. The lowest BCUT2D eigenvalue weighted by atomic mass is 9.96. The van der Waals surface area contributed by atoms with E-state index in [4.69, 9.17) is 0 Å². The molecule has 0 aromatic heterocycles. The van der Waals surface area contributed by atoms with Crippen molar-refractivity contribution in [1.82, 2.24) is 4.90 Å². The van der Waals surface area contributed by atoms with E-state index in [-0.39, 0.29) is 12.1 Å². The van der Waals surface area contributed by atoms with Crippen LogP contribution in [0.4, 0.5) is 0 Å². The van der Waals surface area contributed by atoms with Crippen LogP contribution in [-0.4, -0.2) is 29.2 Å². The molecular formula is C16H22BrNO.